The smallest absolute Gasteiger partial charge is 0.220 e. The van der Waals surface area contributed by atoms with E-state index in [9.17, 15) is 9.90 Å². The van der Waals surface area contributed by atoms with Crippen molar-refractivity contribution in [3.8, 4) is 0 Å². The molecule has 0 saturated heterocycles. The molecule has 3 nitrogen and oxygen atoms in total. The average Bonchev–Trinajstić information content (AvgIpc) is 1.94. The SMILES string of the molecule is CC1CCC(O)(CC(N)=O)CC1. The highest BCUT2D eigenvalue weighted by molar-refractivity contribution is 5.74. The van der Waals surface area contributed by atoms with Gasteiger partial charge in [-0.1, -0.05) is 6.92 Å². The van der Waals surface area contributed by atoms with Crippen molar-refractivity contribution >= 4 is 5.91 Å². The van der Waals surface area contributed by atoms with Crippen LogP contribution in [0, 0.1) is 5.92 Å². The van der Waals surface area contributed by atoms with Crippen LogP contribution in [0.4, 0.5) is 0 Å². The van der Waals surface area contributed by atoms with E-state index in [-0.39, 0.29) is 6.42 Å². The summed E-state index contributed by atoms with van der Waals surface area (Å²) in [7, 11) is 0. The first-order chi connectivity index (χ1) is 5.52. The number of hydrogen-bond donors (Lipinski definition) is 2. The van der Waals surface area contributed by atoms with E-state index in [0.717, 1.165) is 25.7 Å². The Balaban J connectivity index is 2.44. The van der Waals surface area contributed by atoms with E-state index in [1.807, 2.05) is 0 Å². The minimum atomic E-state index is -0.793. The Morgan fingerprint density at radius 2 is 2.08 bits per heavy atom. The van der Waals surface area contributed by atoms with Crippen LogP contribution in [0.15, 0.2) is 0 Å². The summed E-state index contributed by atoms with van der Waals surface area (Å²) in [5.41, 5.74) is 4.25. The summed E-state index contributed by atoms with van der Waals surface area (Å²) < 4.78 is 0. The highest BCUT2D eigenvalue weighted by Crippen LogP contribution is 2.33. The van der Waals surface area contributed by atoms with Gasteiger partial charge in [-0.15, -0.1) is 0 Å². The van der Waals surface area contributed by atoms with Crippen LogP contribution in [0.25, 0.3) is 0 Å². The molecule has 0 aliphatic heterocycles. The molecule has 0 spiro atoms. The monoisotopic (exact) mass is 171 g/mol. The van der Waals surface area contributed by atoms with Gasteiger partial charge in [0.1, 0.15) is 0 Å². The molecule has 1 fully saturated rings. The standard InChI is InChI=1S/C9H17NO2/c1-7-2-4-9(12,5-3-7)6-8(10)11/h7,12H,2-6H2,1H3,(H2,10,11). The Kier molecular flexibility index (Phi) is 2.73. The van der Waals surface area contributed by atoms with Crippen LogP contribution >= 0.6 is 0 Å². The number of aliphatic hydroxyl groups is 1. The first-order valence-electron chi connectivity index (χ1n) is 4.52. The highest BCUT2D eigenvalue weighted by atomic mass is 16.3. The zero-order valence-corrected chi connectivity index (χ0v) is 7.55. The Labute approximate surface area is 72.9 Å². The molecule has 0 heterocycles. The summed E-state index contributed by atoms with van der Waals surface area (Å²) in [5, 5.41) is 9.86. The number of carbonyl (C=O) groups is 1. The topological polar surface area (TPSA) is 63.3 Å². The van der Waals surface area contributed by atoms with E-state index in [4.69, 9.17) is 5.73 Å². The molecule has 0 unspecified atom stereocenters. The minimum Gasteiger partial charge on any atom is -0.389 e. The lowest BCUT2D eigenvalue weighted by molar-refractivity contribution is -0.124. The molecular weight excluding hydrogens is 154 g/mol. The van der Waals surface area contributed by atoms with Gasteiger partial charge >= 0.3 is 0 Å². The van der Waals surface area contributed by atoms with E-state index < -0.39 is 11.5 Å². The molecule has 12 heavy (non-hydrogen) atoms. The predicted molar refractivity (Wildman–Crippen MR) is 46.4 cm³/mol. The van der Waals surface area contributed by atoms with Crippen molar-refractivity contribution < 1.29 is 9.90 Å². The largest absolute Gasteiger partial charge is 0.389 e. The predicted octanol–water partition coefficient (Wildman–Crippen LogP) is 0.803. The number of hydrogen-bond acceptors (Lipinski definition) is 2. The Morgan fingerprint density at radius 3 is 2.50 bits per heavy atom. The molecule has 0 atom stereocenters. The maximum absolute atomic E-state index is 10.6. The lowest BCUT2D eigenvalue weighted by Gasteiger charge is -2.33. The molecule has 0 radical (unpaired) electrons. The van der Waals surface area contributed by atoms with Crippen molar-refractivity contribution in [1.29, 1.82) is 0 Å². The van der Waals surface area contributed by atoms with Crippen LogP contribution < -0.4 is 5.73 Å². The van der Waals surface area contributed by atoms with Crippen LogP contribution in [0.5, 0.6) is 0 Å². The summed E-state index contributed by atoms with van der Waals surface area (Å²) in [4.78, 5) is 10.6. The van der Waals surface area contributed by atoms with Crippen molar-refractivity contribution in [3.63, 3.8) is 0 Å². The Hall–Kier alpha value is -0.570. The molecule has 0 aromatic rings. The first-order valence-corrected chi connectivity index (χ1v) is 4.52. The third kappa shape index (κ3) is 2.48. The van der Waals surface area contributed by atoms with Gasteiger partial charge in [-0.25, -0.2) is 0 Å². The molecule has 0 bridgehead atoms. The van der Waals surface area contributed by atoms with Crippen molar-refractivity contribution in [2.24, 2.45) is 11.7 Å². The summed E-state index contributed by atoms with van der Waals surface area (Å²) in [5.74, 6) is 0.283. The van der Waals surface area contributed by atoms with Crippen molar-refractivity contribution in [1.82, 2.24) is 0 Å². The van der Waals surface area contributed by atoms with Gasteiger partial charge in [-0.05, 0) is 31.6 Å². The number of primary amides is 1. The maximum Gasteiger partial charge on any atom is 0.220 e. The highest BCUT2D eigenvalue weighted by Gasteiger charge is 2.32. The van der Waals surface area contributed by atoms with Crippen molar-refractivity contribution in [2.75, 3.05) is 0 Å². The molecule has 1 rings (SSSR count). The minimum absolute atomic E-state index is 0.125. The van der Waals surface area contributed by atoms with E-state index in [2.05, 4.69) is 6.92 Å². The number of amides is 1. The van der Waals surface area contributed by atoms with Crippen LogP contribution in [-0.2, 0) is 4.79 Å². The fraction of sp³-hybridized carbons (Fsp3) is 0.889. The number of rotatable bonds is 2. The quantitative estimate of drug-likeness (QED) is 0.645. The van der Waals surface area contributed by atoms with E-state index in [1.54, 1.807) is 0 Å². The third-order valence-corrected chi connectivity index (χ3v) is 2.71. The fourth-order valence-electron chi connectivity index (χ4n) is 1.80. The van der Waals surface area contributed by atoms with E-state index in [0.29, 0.717) is 5.92 Å². The average molecular weight is 171 g/mol. The van der Waals surface area contributed by atoms with Crippen LogP contribution in [-0.4, -0.2) is 16.6 Å². The normalized spacial score (nSPS) is 36.3. The van der Waals surface area contributed by atoms with Gasteiger partial charge in [0.25, 0.3) is 0 Å². The van der Waals surface area contributed by atoms with E-state index in [1.165, 1.54) is 0 Å². The number of nitrogens with two attached hydrogens (primary N) is 1. The van der Waals surface area contributed by atoms with Gasteiger partial charge in [0.15, 0.2) is 0 Å². The second-order valence-electron chi connectivity index (χ2n) is 4.05. The van der Waals surface area contributed by atoms with Crippen LogP contribution in [0.2, 0.25) is 0 Å². The molecule has 0 aromatic heterocycles. The molecular formula is C9H17NO2. The summed E-state index contributed by atoms with van der Waals surface area (Å²) in [6, 6.07) is 0. The van der Waals surface area contributed by atoms with E-state index >= 15 is 0 Å². The maximum atomic E-state index is 10.6. The van der Waals surface area contributed by atoms with Gasteiger partial charge in [-0.3, -0.25) is 4.79 Å². The van der Waals surface area contributed by atoms with Crippen LogP contribution in [0.3, 0.4) is 0 Å². The Morgan fingerprint density at radius 1 is 1.58 bits per heavy atom. The molecule has 1 saturated carbocycles. The van der Waals surface area contributed by atoms with Crippen LogP contribution in [0.1, 0.15) is 39.0 Å². The van der Waals surface area contributed by atoms with Gasteiger partial charge < -0.3 is 10.8 Å². The molecule has 0 aromatic carbocycles. The van der Waals surface area contributed by atoms with Gasteiger partial charge in [-0.2, -0.15) is 0 Å². The molecule has 3 heteroatoms. The lowest BCUT2D eigenvalue weighted by Crippen LogP contribution is -2.37. The summed E-state index contributed by atoms with van der Waals surface area (Å²) in [6.45, 7) is 2.17. The van der Waals surface area contributed by atoms with Crippen molar-refractivity contribution in [2.45, 2.75) is 44.6 Å². The first kappa shape index (κ1) is 9.52. The summed E-state index contributed by atoms with van der Waals surface area (Å²) in [6.07, 6.45) is 3.57. The number of carbonyl (C=O) groups excluding carboxylic acids is 1. The second-order valence-corrected chi connectivity index (χ2v) is 4.05. The zero-order chi connectivity index (χ0) is 9.19. The van der Waals surface area contributed by atoms with Gasteiger partial charge in [0, 0.05) is 0 Å². The van der Waals surface area contributed by atoms with Crippen molar-refractivity contribution in [3.05, 3.63) is 0 Å². The second kappa shape index (κ2) is 3.44. The summed E-state index contributed by atoms with van der Waals surface area (Å²) >= 11 is 0. The van der Waals surface area contributed by atoms with Gasteiger partial charge in [0.05, 0.1) is 12.0 Å². The lowest BCUT2D eigenvalue weighted by atomic mass is 9.78. The molecule has 3 N–H and O–H groups in total. The van der Waals surface area contributed by atoms with Gasteiger partial charge in [0.2, 0.25) is 5.91 Å². The molecule has 1 aliphatic carbocycles. The third-order valence-electron chi connectivity index (χ3n) is 2.71. The zero-order valence-electron chi connectivity index (χ0n) is 7.55. The Bertz CT molecular complexity index is 171. The molecule has 70 valence electrons. The molecule has 1 amide bonds. The molecule has 1 aliphatic rings. The fourth-order valence-corrected chi connectivity index (χ4v) is 1.80.